The number of rotatable bonds is 5. The highest BCUT2D eigenvalue weighted by Crippen LogP contribution is 2.32. The van der Waals surface area contributed by atoms with Crippen LogP contribution in [0.1, 0.15) is 57.7 Å². The number of amides is 2. The van der Waals surface area contributed by atoms with Crippen LogP contribution in [0.25, 0.3) is 0 Å². The zero-order valence-electron chi connectivity index (χ0n) is 18.7. The Morgan fingerprint density at radius 1 is 1.06 bits per heavy atom. The molecule has 1 aromatic heterocycles. The monoisotopic (exact) mass is 436 g/mol. The molecule has 168 valence electrons. The molecule has 1 aliphatic carbocycles. The summed E-state index contributed by atoms with van der Waals surface area (Å²) in [5.74, 6) is -0.205. The Morgan fingerprint density at radius 3 is 2.44 bits per heavy atom. The molecule has 8 heteroatoms. The summed E-state index contributed by atoms with van der Waals surface area (Å²) in [4.78, 5) is 50.9. The number of esters is 1. The molecule has 0 spiro atoms. The van der Waals surface area contributed by atoms with Gasteiger partial charge < -0.3 is 14.5 Å². The fourth-order valence-corrected chi connectivity index (χ4v) is 4.09. The van der Waals surface area contributed by atoms with E-state index in [0.717, 1.165) is 18.4 Å². The number of nitrogens with zero attached hydrogens (tertiary/aromatic N) is 4. The lowest BCUT2D eigenvalue weighted by atomic mass is 10.1. The average Bonchev–Trinajstić information content (AvgIpc) is 3.62. The van der Waals surface area contributed by atoms with E-state index in [1.165, 1.54) is 0 Å². The van der Waals surface area contributed by atoms with E-state index < -0.39 is 5.97 Å². The number of carbonyl (C=O) groups is 3. The zero-order valence-corrected chi connectivity index (χ0v) is 18.7. The Labute approximate surface area is 187 Å². The van der Waals surface area contributed by atoms with Gasteiger partial charge in [0.15, 0.2) is 0 Å². The number of hydrogen-bond donors (Lipinski definition) is 0. The van der Waals surface area contributed by atoms with E-state index in [1.807, 2.05) is 42.2 Å². The summed E-state index contributed by atoms with van der Waals surface area (Å²) in [6, 6.07) is 9.26. The number of aromatic nitrogens is 2. The maximum absolute atomic E-state index is 13.4. The molecule has 0 bridgehead atoms. The Kier molecular flexibility index (Phi) is 6.21. The third kappa shape index (κ3) is 4.64. The van der Waals surface area contributed by atoms with Gasteiger partial charge in [0.25, 0.3) is 5.91 Å². The molecular formula is C24H28N4O4. The van der Waals surface area contributed by atoms with Crippen molar-refractivity contribution in [2.24, 2.45) is 5.92 Å². The van der Waals surface area contributed by atoms with Crippen molar-refractivity contribution in [3.8, 4) is 0 Å². The topological polar surface area (TPSA) is 92.7 Å². The SMILES string of the molecule is Cc1nc(C)c(C(=O)OCc2ccccc2)c(C(=O)N2CCN(C(=O)C3CC3)C(C)C2)n1. The number of hydrogen-bond acceptors (Lipinski definition) is 6. The van der Waals surface area contributed by atoms with Crippen molar-refractivity contribution in [2.45, 2.75) is 46.3 Å². The first-order valence-electron chi connectivity index (χ1n) is 11.0. The van der Waals surface area contributed by atoms with Gasteiger partial charge >= 0.3 is 5.97 Å². The van der Waals surface area contributed by atoms with Crippen molar-refractivity contribution in [2.75, 3.05) is 19.6 Å². The Balaban J connectivity index is 1.51. The van der Waals surface area contributed by atoms with Gasteiger partial charge in [-0.2, -0.15) is 0 Å². The molecule has 1 unspecified atom stereocenters. The first kappa shape index (κ1) is 21.9. The van der Waals surface area contributed by atoms with E-state index in [1.54, 1.807) is 18.7 Å². The van der Waals surface area contributed by atoms with Gasteiger partial charge in [0, 0.05) is 31.6 Å². The predicted molar refractivity (Wildman–Crippen MR) is 117 cm³/mol. The van der Waals surface area contributed by atoms with Crippen LogP contribution in [0.3, 0.4) is 0 Å². The lowest BCUT2D eigenvalue weighted by Crippen LogP contribution is -2.56. The second-order valence-electron chi connectivity index (χ2n) is 8.55. The summed E-state index contributed by atoms with van der Waals surface area (Å²) in [5.41, 5.74) is 1.42. The first-order chi connectivity index (χ1) is 15.3. The van der Waals surface area contributed by atoms with Crippen LogP contribution < -0.4 is 0 Å². The maximum atomic E-state index is 13.4. The summed E-state index contributed by atoms with van der Waals surface area (Å²) in [7, 11) is 0. The van der Waals surface area contributed by atoms with Gasteiger partial charge in [-0.25, -0.2) is 14.8 Å². The minimum Gasteiger partial charge on any atom is -0.457 e. The van der Waals surface area contributed by atoms with Crippen LogP contribution in [-0.2, 0) is 16.1 Å². The highest BCUT2D eigenvalue weighted by molar-refractivity contribution is 6.04. The minimum absolute atomic E-state index is 0.0576. The van der Waals surface area contributed by atoms with Crippen LogP contribution in [-0.4, -0.2) is 63.2 Å². The lowest BCUT2D eigenvalue weighted by Gasteiger charge is -2.40. The molecule has 0 N–H and O–H groups in total. The molecule has 1 atom stereocenters. The van der Waals surface area contributed by atoms with E-state index in [4.69, 9.17) is 4.74 Å². The molecule has 2 fully saturated rings. The molecule has 2 aliphatic rings. The third-order valence-electron chi connectivity index (χ3n) is 5.95. The first-order valence-corrected chi connectivity index (χ1v) is 11.0. The average molecular weight is 437 g/mol. The van der Waals surface area contributed by atoms with E-state index in [-0.39, 0.29) is 41.6 Å². The van der Waals surface area contributed by atoms with Gasteiger partial charge in [-0.05, 0) is 39.2 Å². The van der Waals surface area contributed by atoms with Crippen molar-refractivity contribution in [3.63, 3.8) is 0 Å². The van der Waals surface area contributed by atoms with E-state index in [2.05, 4.69) is 9.97 Å². The third-order valence-corrected chi connectivity index (χ3v) is 5.95. The number of aryl methyl sites for hydroxylation is 2. The molecule has 1 aromatic carbocycles. The van der Waals surface area contributed by atoms with Gasteiger partial charge in [-0.1, -0.05) is 30.3 Å². The number of piperazine rings is 1. The van der Waals surface area contributed by atoms with E-state index >= 15 is 0 Å². The molecule has 32 heavy (non-hydrogen) atoms. The normalized spacial score (nSPS) is 18.4. The largest absolute Gasteiger partial charge is 0.457 e. The van der Waals surface area contributed by atoms with E-state index in [0.29, 0.717) is 31.2 Å². The maximum Gasteiger partial charge on any atom is 0.342 e. The molecule has 2 heterocycles. The quantitative estimate of drug-likeness (QED) is 0.669. The standard InChI is InChI=1S/C24H28N4O4/c1-15-13-27(11-12-28(15)22(29)19-9-10-19)23(30)21-20(16(2)25-17(3)26-21)24(31)32-14-18-7-5-4-6-8-18/h4-8,15,19H,9-14H2,1-3H3. The molecule has 1 saturated heterocycles. The van der Waals surface area contributed by atoms with E-state index in [9.17, 15) is 14.4 Å². The van der Waals surface area contributed by atoms with Crippen molar-refractivity contribution >= 4 is 17.8 Å². The van der Waals surface area contributed by atoms with Gasteiger partial charge in [0.05, 0.1) is 5.69 Å². The van der Waals surface area contributed by atoms with Crippen LogP contribution in [0.5, 0.6) is 0 Å². The number of benzene rings is 1. The van der Waals surface area contributed by atoms with Crippen LogP contribution in [0, 0.1) is 19.8 Å². The zero-order chi connectivity index (χ0) is 22.8. The van der Waals surface area contributed by atoms with Crippen molar-refractivity contribution in [1.82, 2.24) is 19.8 Å². The second kappa shape index (κ2) is 9.06. The summed E-state index contributed by atoms with van der Waals surface area (Å²) >= 11 is 0. The fourth-order valence-electron chi connectivity index (χ4n) is 4.09. The Hall–Kier alpha value is -3.29. The van der Waals surface area contributed by atoms with Crippen molar-refractivity contribution in [1.29, 1.82) is 0 Å². The van der Waals surface area contributed by atoms with Crippen LogP contribution in [0.2, 0.25) is 0 Å². The molecule has 2 amide bonds. The molecule has 2 aromatic rings. The highest BCUT2D eigenvalue weighted by Gasteiger charge is 2.39. The van der Waals surface area contributed by atoms with Gasteiger partial charge in [-0.3, -0.25) is 9.59 Å². The highest BCUT2D eigenvalue weighted by atomic mass is 16.5. The minimum atomic E-state index is -0.620. The summed E-state index contributed by atoms with van der Waals surface area (Å²) in [5, 5.41) is 0. The van der Waals surface area contributed by atoms with Crippen molar-refractivity contribution in [3.05, 3.63) is 58.7 Å². The lowest BCUT2D eigenvalue weighted by molar-refractivity contribution is -0.136. The smallest absolute Gasteiger partial charge is 0.342 e. The molecule has 0 radical (unpaired) electrons. The molecule has 8 nitrogen and oxygen atoms in total. The Bertz CT molecular complexity index is 1040. The fraction of sp³-hybridized carbons (Fsp3) is 0.458. The van der Waals surface area contributed by atoms with Gasteiger partial charge in [-0.15, -0.1) is 0 Å². The molecular weight excluding hydrogens is 408 g/mol. The molecule has 1 aliphatic heterocycles. The predicted octanol–water partition coefficient (Wildman–Crippen LogP) is 2.53. The summed E-state index contributed by atoms with van der Waals surface area (Å²) in [6.07, 6.45) is 1.91. The number of ether oxygens (including phenoxy) is 1. The second-order valence-corrected chi connectivity index (χ2v) is 8.55. The van der Waals surface area contributed by atoms with Crippen LogP contribution >= 0.6 is 0 Å². The molecule has 4 rings (SSSR count). The molecule has 1 saturated carbocycles. The van der Waals surface area contributed by atoms with Crippen molar-refractivity contribution < 1.29 is 19.1 Å². The van der Waals surface area contributed by atoms with Gasteiger partial charge in [0.2, 0.25) is 5.91 Å². The number of carbonyl (C=O) groups excluding carboxylic acids is 3. The van der Waals surface area contributed by atoms with Crippen LogP contribution in [0.4, 0.5) is 0 Å². The summed E-state index contributed by atoms with van der Waals surface area (Å²) < 4.78 is 5.47. The van der Waals surface area contributed by atoms with Gasteiger partial charge in [0.1, 0.15) is 23.7 Å². The van der Waals surface area contributed by atoms with Crippen LogP contribution in [0.15, 0.2) is 30.3 Å². The summed E-state index contributed by atoms with van der Waals surface area (Å²) in [6.45, 7) is 6.71. The Morgan fingerprint density at radius 2 is 1.78 bits per heavy atom.